The lowest BCUT2D eigenvalue weighted by Crippen LogP contribution is -1.99. The van der Waals surface area contributed by atoms with Crippen molar-refractivity contribution in [3.63, 3.8) is 0 Å². The van der Waals surface area contributed by atoms with E-state index in [1.165, 1.54) is 16.7 Å². The monoisotopic (exact) mass is 311 g/mol. The first kappa shape index (κ1) is 14.3. The van der Waals surface area contributed by atoms with Gasteiger partial charge in [-0.2, -0.15) is 0 Å². The molecule has 0 bridgehead atoms. The molecule has 5 heteroatoms. The zero-order valence-corrected chi connectivity index (χ0v) is 12.4. The molecule has 3 aromatic rings. The van der Waals surface area contributed by atoms with E-state index in [2.05, 4.69) is 17.1 Å². The van der Waals surface area contributed by atoms with Gasteiger partial charge in [0.1, 0.15) is 17.4 Å². The first-order valence-electron chi connectivity index (χ1n) is 6.68. The summed E-state index contributed by atoms with van der Waals surface area (Å²) in [5.41, 5.74) is 2.33. The van der Waals surface area contributed by atoms with E-state index < -0.39 is 5.97 Å². The molecule has 0 atom stereocenters. The number of carboxylic acid groups (broad SMARTS) is 1. The average molecular weight is 311 g/mol. The lowest BCUT2D eigenvalue weighted by molar-refractivity contribution is 0.0691. The molecule has 1 aromatic heterocycles. The molecule has 0 aliphatic heterocycles. The number of nitrogens with zero attached hydrogens (tertiary/aromatic N) is 1. The van der Waals surface area contributed by atoms with Crippen LogP contribution in [-0.4, -0.2) is 16.1 Å². The summed E-state index contributed by atoms with van der Waals surface area (Å²) in [5, 5.41) is 11.0. The Morgan fingerprint density at radius 2 is 1.73 bits per heavy atom. The summed E-state index contributed by atoms with van der Waals surface area (Å²) in [4.78, 5) is 14.7. The summed E-state index contributed by atoms with van der Waals surface area (Å²) in [5.74, 6) is -0.290. The predicted octanol–water partition coefficient (Wildman–Crippen LogP) is 4.09. The van der Waals surface area contributed by atoms with Crippen molar-refractivity contribution < 1.29 is 14.6 Å². The maximum atomic E-state index is 10.8. The minimum absolute atomic E-state index is 0.0584. The minimum atomic E-state index is -1.02. The molecule has 0 saturated carbocycles. The third-order valence-corrected chi connectivity index (χ3v) is 3.92. The van der Waals surface area contributed by atoms with Crippen LogP contribution in [0.3, 0.4) is 0 Å². The first-order chi connectivity index (χ1) is 10.7. The third-order valence-electron chi connectivity index (χ3n) is 3.09. The second-order valence-electron chi connectivity index (χ2n) is 4.61. The molecule has 1 heterocycles. The van der Waals surface area contributed by atoms with Crippen LogP contribution in [-0.2, 0) is 6.61 Å². The largest absolute Gasteiger partial charge is 0.486 e. The van der Waals surface area contributed by atoms with Crippen LogP contribution in [0.1, 0.15) is 15.5 Å². The number of rotatable bonds is 5. The van der Waals surface area contributed by atoms with E-state index in [-0.39, 0.29) is 12.3 Å². The molecule has 110 valence electrons. The van der Waals surface area contributed by atoms with Crippen molar-refractivity contribution in [2.24, 2.45) is 0 Å². The van der Waals surface area contributed by atoms with Crippen molar-refractivity contribution in [3.8, 4) is 16.9 Å². The van der Waals surface area contributed by atoms with E-state index in [0.717, 1.165) is 16.9 Å². The molecule has 2 aromatic carbocycles. The number of hydrogen-bond donors (Lipinski definition) is 1. The highest BCUT2D eigenvalue weighted by molar-refractivity contribution is 7.09. The van der Waals surface area contributed by atoms with E-state index in [1.807, 2.05) is 42.5 Å². The Labute approximate surface area is 131 Å². The van der Waals surface area contributed by atoms with Crippen molar-refractivity contribution in [2.75, 3.05) is 0 Å². The molecule has 0 aliphatic rings. The zero-order chi connectivity index (χ0) is 15.4. The van der Waals surface area contributed by atoms with Gasteiger partial charge in [0, 0.05) is 5.38 Å². The van der Waals surface area contributed by atoms with Crippen LogP contribution >= 0.6 is 11.3 Å². The second-order valence-corrected chi connectivity index (χ2v) is 5.55. The fraction of sp³-hybridized carbons (Fsp3) is 0.0588. The van der Waals surface area contributed by atoms with Gasteiger partial charge in [0.05, 0.1) is 0 Å². The van der Waals surface area contributed by atoms with Gasteiger partial charge in [-0.3, -0.25) is 0 Å². The lowest BCUT2D eigenvalue weighted by Gasteiger charge is -2.06. The summed E-state index contributed by atoms with van der Waals surface area (Å²) in [6.45, 7) is 0.266. The van der Waals surface area contributed by atoms with Crippen LogP contribution in [0.25, 0.3) is 11.1 Å². The number of benzene rings is 2. The van der Waals surface area contributed by atoms with Gasteiger partial charge in [0.15, 0.2) is 5.69 Å². The van der Waals surface area contributed by atoms with Crippen LogP contribution in [0.2, 0.25) is 0 Å². The number of thiazole rings is 1. The van der Waals surface area contributed by atoms with Gasteiger partial charge < -0.3 is 9.84 Å². The Morgan fingerprint density at radius 1 is 1.05 bits per heavy atom. The van der Waals surface area contributed by atoms with Gasteiger partial charge in [0.25, 0.3) is 0 Å². The standard InChI is InChI=1S/C17H13NO3S/c19-17(20)15-11-22-16(18-15)10-21-14-8-6-13(7-9-14)12-4-2-1-3-5-12/h1-9,11H,10H2,(H,19,20). The van der Waals surface area contributed by atoms with Crippen LogP contribution in [0, 0.1) is 0 Å². The summed E-state index contributed by atoms with van der Waals surface area (Å²) in [7, 11) is 0. The van der Waals surface area contributed by atoms with Crippen molar-refractivity contribution >= 4 is 17.3 Å². The molecule has 0 unspecified atom stereocenters. The lowest BCUT2D eigenvalue weighted by atomic mass is 10.1. The number of hydrogen-bond acceptors (Lipinski definition) is 4. The maximum Gasteiger partial charge on any atom is 0.355 e. The Bertz CT molecular complexity index is 766. The Morgan fingerprint density at radius 3 is 2.36 bits per heavy atom. The van der Waals surface area contributed by atoms with Gasteiger partial charge >= 0.3 is 5.97 Å². The van der Waals surface area contributed by atoms with Gasteiger partial charge in [-0.1, -0.05) is 42.5 Å². The van der Waals surface area contributed by atoms with Crippen LogP contribution in [0.4, 0.5) is 0 Å². The van der Waals surface area contributed by atoms with Crippen LogP contribution < -0.4 is 4.74 Å². The number of carbonyl (C=O) groups is 1. The molecule has 0 amide bonds. The molecule has 0 aliphatic carbocycles. The van der Waals surface area contributed by atoms with Crippen molar-refractivity contribution in [2.45, 2.75) is 6.61 Å². The van der Waals surface area contributed by atoms with E-state index in [0.29, 0.717) is 5.01 Å². The molecule has 0 spiro atoms. The van der Waals surface area contributed by atoms with Crippen LogP contribution in [0.15, 0.2) is 60.0 Å². The number of aromatic carboxylic acids is 1. The predicted molar refractivity (Wildman–Crippen MR) is 85.3 cm³/mol. The van der Waals surface area contributed by atoms with Gasteiger partial charge in [-0.15, -0.1) is 11.3 Å². The molecule has 0 saturated heterocycles. The topological polar surface area (TPSA) is 59.4 Å². The van der Waals surface area contributed by atoms with E-state index in [9.17, 15) is 4.79 Å². The molecule has 0 fully saturated rings. The quantitative estimate of drug-likeness (QED) is 0.771. The zero-order valence-electron chi connectivity index (χ0n) is 11.6. The Balaban J connectivity index is 1.65. The summed E-state index contributed by atoms with van der Waals surface area (Å²) in [6, 6.07) is 17.9. The molecule has 0 radical (unpaired) electrons. The Hall–Kier alpha value is -2.66. The number of aromatic nitrogens is 1. The molecule has 3 rings (SSSR count). The van der Waals surface area contributed by atoms with Gasteiger partial charge in [-0.05, 0) is 23.3 Å². The SMILES string of the molecule is O=C(O)c1csc(COc2ccc(-c3ccccc3)cc2)n1. The highest BCUT2D eigenvalue weighted by atomic mass is 32.1. The smallest absolute Gasteiger partial charge is 0.355 e. The third kappa shape index (κ3) is 3.32. The number of ether oxygens (including phenoxy) is 1. The van der Waals surface area contributed by atoms with Crippen molar-refractivity contribution in [3.05, 3.63) is 70.7 Å². The second kappa shape index (κ2) is 6.41. The Kier molecular flexibility index (Phi) is 4.16. The van der Waals surface area contributed by atoms with E-state index in [4.69, 9.17) is 9.84 Å². The first-order valence-corrected chi connectivity index (χ1v) is 7.56. The highest BCUT2D eigenvalue weighted by Crippen LogP contribution is 2.23. The summed E-state index contributed by atoms with van der Waals surface area (Å²) in [6.07, 6.45) is 0. The van der Waals surface area contributed by atoms with E-state index in [1.54, 1.807) is 0 Å². The molecule has 4 nitrogen and oxygen atoms in total. The number of carboxylic acids is 1. The van der Waals surface area contributed by atoms with Crippen LogP contribution in [0.5, 0.6) is 5.75 Å². The van der Waals surface area contributed by atoms with E-state index >= 15 is 0 Å². The average Bonchev–Trinajstić information content (AvgIpc) is 3.04. The normalized spacial score (nSPS) is 10.4. The molecular weight excluding hydrogens is 298 g/mol. The molecular formula is C17H13NO3S. The molecule has 1 N–H and O–H groups in total. The maximum absolute atomic E-state index is 10.8. The summed E-state index contributed by atoms with van der Waals surface area (Å²) >= 11 is 1.28. The van der Waals surface area contributed by atoms with Crippen molar-refractivity contribution in [1.82, 2.24) is 4.98 Å². The van der Waals surface area contributed by atoms with Gasteiger partial charge in [0.2, 0.25) is 0 Å². The fourth-order valence-electron chi connectivity index (χ4n) is 1.99. The van der Waals surface area contributed by atoms with Crippen molar-refractivity contribution in [1.29, 1.82) is 0 Å². The molecule has 22 heavy (non-hydrogen) atoms. The fourth-order valence-corrected chi connectivity index (χ4v) is 2.67. The summed E-state index contributed by atoms with van der Waals surface area (Å²) < 4.78 is 5.63. The van der Waals surface area contributed by atoms with Gasteiger partial charge in [-0.25, -0.2) is 9.78 Å². The highest BCUT2D eigenvalue weighted by Gasteiger charge is 2.08. The minimum Gasteiger partial charge on any atom is -0.486 e.